The van der Waals surface area contributed by atoms with Gasteiger partial charge in [0, 0.05) is 28.9 Å². The van der Waals surface area contributed by atoms with Crippen LogP contribution < -0.4 is 5.32 Å². The minimum Gasteiger partial charge on any atom is -0.376 e. The Morgan fingerprint density at radius 2 is 2.26 bits per heavy atom. The third-order valence-electron chi connectivity index (χ3n) is 4.14. The van der Waals surface area contributed by atoms with Gasteiger partial charge < -0.3 is 15.0 Å². The van der Waals surface area contributed by atoms with Crippen molar-refractivity contribution in [3.63, 3.8) is 0 Å². The number of rotatable bonds is 6. The number of amides is 2. The molecule has 0 radical (unpaired) electrons. The lowest BCUT2D eigenvalue weighted by Crippen LogP contribution is -2.50. The van der Waals surface area contributed by atoms with Gasteiger partial charge in [-0.15, -0.1) is 16.4 Å². The van der Waals surface area contributed by atoms with Crippen LogP contribution in [-0.4, -0.2) is 51.1 Å². The highest BCUT2D eigenvalue weighted by molar-refractivity contribution is 7.10. The average Bonchev–Trinajstić information content (AvgIpc) is 3.34. The lowest BCUT2D eigenvalue weighted by atomic mass is 10.1. The quantitative estimate of drug-likeness (QED) is 0.794. The van der Waals surface area contributed by atoms with Gasteiger partial charge in [-0.25, -0.2) is 0 Å². The van der Waals surface area contributed by atoms with E-state index in [1.807, 2.05) is 38.3 Å². The zero-order valence-electron chi connectivity index (χ0n) is 15.7. The van der Waals surface area contributed by atoms with Crippen molar-refractivity contribution in [1.82, 2.24) is 19.8 Å². The van der Waals surface area contributed by atoms with Crippen LogP contribution >= 0.6 is 22.9 Å². The van der Waals surface area contributed by atoms with Crippen LogP contribution in [0.4, 0.5) is 0 Å². The van der Waals surface area contributed by atoms with Gasteiger partial charge in [0.25, 0.3) is 5.91 Å². The van der Waals surface area contributed by atoms with Crippen LogP contribution in [0.15, 0.2) is 22.9 Å². The molecule has 1 N–H and O–H groups in total. The summed E-state index contributed by atoms with van der Waals surface area (Å²) in [5, 5.41) is 10.4. The van der Waals surface area contributed by atoms with Crippen LogP contribution in [0.2, 0.25) is 0 Å². The molecule has 1 aliphatic heterocycles. The van der Waals surface area contributed by atoms with Crippen LogP contribution in [0.3, 0.4) is 0 Å². The van der Waals surface area contributed by atoms with Crippen molar-refractivity contribution in [2.24, 2.45) is 0 Å². The molecule has 1 fully saturated rings. The van der Waals surface area contributed by atoms with Crippen LogP contribution in [0, 0.1) is 0 Å². The molecule has 0 unspecified atom stereocenters. The molecule has 7 nitrogen and oxygen atoms in total. The van der Waals surface area contributed by atoms with E-state index in [9.17, 15) is 9.59 Å². The smallest absolute Gasteiger partial charge is 0.276 e. The van der Waals surface area contributed by atoms with Crippen LogP contribution in [0.5, 0.6) is 0 Å². The number of nitrogens with one attached hydrogen (secondary N) is 1. The number of carbonyl (C=O) groups is 2. The number of ether oxygens (including phenoxy) is 1. The van der Waals surface area contributed by atoms with E-state index in [2.05, 4.69) is 14.9 Å². The molecule has 2 atom stereocenters. The summed E-state index contributed by atoms with van der Waals surface area (Å²) in [7, 11) is 0. The third-order valence-corrected chi connectivity index (χ3v) is 5.56. The number of aromatic nitrogens is 2. The second-order valence-corrected chi connectivity index (χ2v) is 9.13. The number of thiophene rings is 1. The van der Waals surface area contributed by atoms with Crippen molar-refractivity contribution in [1.29, 1.82) is 0 Å². The lowest BCUT2D eigenvalue weighted by molar-refractivity contribution is -0.127. The van der Waals surface area contributed by atoms with E-state index >= 15 is 0 Å². The topological polar surface area (TPSA) is 84.4 Å². The fraction of sp³-hybridized carbons (Fsp3) is 0.556. The second-order valence-electron chi connectivity index (χ2n) is 7.54. The summed E-state index contributed by atoms with van der Waals surface area (Å²) >= 11 is 2.58. The van der Waals surface area contributed by atoms with Gasteiger partial charge in [0.15, 0.2) is 5.69 Å². The molecule has 1 saturated heterocycles. The van der Waals surface area contributed by atoms with Gasteiger partial charge in [0.2, 0.25) is 5.91 Å². The van der Waals surface area contributed by atoms with Crippen molar-refractivity contribution in [3.05, 3.63) is 33.5 Å². The molecule has 0 bridgehead atoms. The Bertz CT molecular complexity index is 750. The first-order valence-electron chi connectivity index (χ1n) is 8.90. The molecule has 3 heterocycles. The summed E-state index contributed by atoms with van der Waals surface area (Å²) in [6, 6.07) is 3.03. The maximum Gasteiger partial charge on any atom is 0.276 e. The van der Waals surface area contributed by atoms with Gasteiger partial charge in [-0.3, -0.25) is 9.59 Å². The Morgan fingerprint density at radius 3 is 2.81 bits per heavy atom. The normalized spacial score (nSPS) is 18.3. The third kappa shape index (κ3) is 5.12. The van der Waals surface area contributed by atoms with Gasteiger partial charge >= 0.3 is 0 Å². The highest BCUT2D eigenvalue weighted by atomic mass is 32.1. The Hall–Kier alpha value is -1.84. The molecule has 9 heteroatoms. The Morgan fingerprint density at radius 1 is 1.44 bits per heavy atom. The van der Waals surface area contributed by atoms with Gasteiger partial charge in [-0.1, -0.05) is 10.6 Å². The number of carbonyl (C=O) groups excluding carboxylic acids is 2. The number of hydrogen-bond donors (Lipinski definition) is 1. The summed E-state index contributed by atoms with van der Waals surface area (Å²) in [4.78, 5) is 28.8. The summed E-state index contributed by atoms with van der Waals surface area (Å²) in [5.41, 5.74) is -0.156. The van der Waals surface area contributed by atoms with E-state index in [0.717, 1.165) is 29.3 Å². The maximum atomic E-state index is 13.2. The molecule has 2 aromatic heterocycles. The average molecular weight is 409 g/mol. The van der Waals surface area contributed by atoms with Gasteiger partial charge in [-0.2, -0.15) is 0 Å². The van der Waals surface area contributed by atoms with E-state index in [4.69, 9.17) is 4.74 Å². The van der Waals surface area contributed by atoms with Crippen molar-refractivity contribution in [2.75, 3.05) is 13.2 Å². The molecule has 27 heavy (non-hydrogen) atoms. The van der Waals surface area contributed by atoms with E-state index < -0.39 is 11.6 Å². The first-order chi connectivity index (χ1) is 12.8. The predicted octanol–water partition coefficient (Wildman–Crippen LogP) is 2.88. The minimum absolute atomic E-state index is 0.0783. The Balaban J connectivity index is 1.95. The van der Waals surface area contributed by atoms with Crippen molar-refractivity contribution < 1.29 is 14.3 Å². The summed E-state index contributed by atoms with van der Waals surface area (Å²) in [6.07, 6.45) is 1.75. The molecule has 0 saturated carbocycles. The van der Waals surface area contributed by atoms with Crippen LogP contribution in [-0.2, 0) is 9.53 Å². The molecule has 0 aromatic carbocycles. The lowest BCUT2D eigenvalue weighted by Gasteiger charge is -2.33. The van der Waals surface area contributed by atoms with Crippen molar-refractivity contribution in [2.45, 2.75) is 51.3 Å². The highest BCUT2D eigenvalue weighted by Gasteiger charge is 2.37. The largest absolute Gasteiger partial charge is 0.376 e. The van der Waals surface area contributed by atoms with E-state index in [0.29, 0.717) is 13.2 Å². The van der Waals surface area contributed by atoms with Gasteiger partial charge in [0.1, 0.15) is 6.04 Å². The standard InChI is InChI=1S/C18H24N4O3S2/c1-18(2,3)19-16(23)15(14-7-5-9-26-14)22(10-12-6-4-8-25-12)17(24)13-11-27-21-20-13/h5,7,9,11-12,15H,4,6,8,10H2,1-3H3,(H,19,23)/t12-,15-/m0/s1. The number of hydrogen-bond acceptors (Lipinski definition) is 7. The van der Waals surface area contributed by atoms with E-state index in [-0.39, 0.29) is 23.6 Å². The molecular weight excluding hydrogens is 384 g/mol. The van der Waals surface area contributed by atoms with Gasteiger partial charge in [-0.05, 0) is 56.6 Å². The van der Waals surface area contributed by atoms with Crippen LogP contribution in [0.25, 0.3) is 0 Å². The molecule has 1 aliphatic rings. The summed E-state index contributed by atoms with van der Waals surface area (Å²) in [5.74, 6) is -0.513. The molecule has 0 spiro atoms. The zero-order valence-corrected chi connectivity index (χ0v) is 17.3. The molecule has 146 valence electrons. The SMILES string of the molecule is CC(C)(C)NC(=O)[C@H](c1cccs1)N(C[C@@H]1CCCO1)C(=O)c1csnn1. The van der Waals surface area contributed by atoms with E-state index in [1.165, 1.54) is 11.3 Å². The predicted molar refractivity (Wildman–Crippen MR) is 105 cm³/mol. The van der Waals surface area contributed by atoms with Crippen molar-refractivity contribution in [3.8, 4) is 0 Å². The molecule has 3 rings (SSSR count). The summed E-state index contributed by atoms with van der Waals surface area (Å²) in [6.45, 7) is 6.80. The van der Waals surface area contributed by atoms with Crippen LogP contribution in [0.1, 0.15) is 55.0 Å². The van der Waals surface area contributed by atoms with E-state index in [1.54, 1.807) is 10.3 Å². The molecule has 2 amide bonds. The molecular formula is C18H24N4O3S2. The monoisotopic (exact) mass is 408 g/mol. The zero-order chi connectivity index (χ0) is 19.4. The first-order valence-corrected chi connectivity index (χ1v) is 10.6. The summed E-state index contributed by atoms with van der Waals surface area (Å²) < 4.78 is 9.54. The highest BCUT2D eigenvalue weighted by Crippen LogP contribution is 2.29. The van der Waals surface area contributed by atoms with Gasteiger partial charge in [0.05, 0.1) is 6.10 Å². The Labute approximate surface area is 166 Å². The first kappa shape index (κ1) is 19.9. The molecule has 2 aromatic rings. The second kappa shape index (κ2) is 8.45. The van der Waals surface area contributed by atoms with Crippen molar-refractivity contribution >= 4 is 34.7 Å². The molecule has 0 aliphatic carbocycles. The maximum absolute atomic E-state index is 13.2. The fourth-order valence-electron chi connectivity index (χ4n) is 3.03. The minimum atomic E-state index is -0.734. The Kier molecular flexibility index (Phi) is 6.23. The number of nitrogens with zero attached hydrogens (tertiary/aromatic N) is 3. The fourth-order valence-corrected chi connectivity index (χ4v) is 4.29.